The number of hydrogen-bond acceptors (Lipinski definition) is 3. The lowest BCUT2D eigenvalue weighted by Gasteiger charge is -2.07. The number of rotatable bonds is 4. The predicted molar refractivity (Wildman–Crippen MR) is 88.5 cm³/mol. The SMILES string of the molecule is CCCCc1nc2c([nH]1)c(N)nc1cc(C(C)C)ccc12. The van der Waals surface area contributed by atoms with Crippen LogP contribution in [-0.2, 0) is 6.42 Å². The molecule has 3 aromatic rings. The first-order valence-electron chi connectivity index (χ1n) is 7.68. The number of nitrogens with one attached hydrogen (secondary N) is 1. The summed E-state index contributed by atoms with van der Waals surface area (Å²) in [6.07, 6.45) is 3.24. The van der Waals surface area contributed by atoms with E-state index in [2.05, 4.69) is 48.9 Å². The molecule has 0 aliphatic heterocycles. The largest absolute Gasteiger partial charge is 0.382 e. The quantitative estimate of drug-likeness (QED) is 0.755. The number of hydrogen-bond donors (Lipinski definition) is 2. The molecule has 1 aromatic carbocycles. The van der Waals surface area contributed by atoms with E-state index in [1.54, 1.807) is 0 Å². The molecule has 0 aliphatic rings. The maximum Gasteiger partial charge on any atom is 0.150 e. The summed E-state index contributed by atoms with van der Waals surface area (Å²) in [5, 5.41) is 1.07. The van der Waals surface area contributed by atoms with E-state index < -0.39 is 0 Å². The summed E-state index contributed by atoms with van der Waals surface area (Å²) >= 11 is 0. The number of aromatic nitrogens is 3. The Morgan fingerprint density at radius 3 is 2.76 bits per heavy atom. The minimum atomic E-state index is 0.479. The van der Waals surface area contributed by atoms with Crippen molar-refractivity contribution in [2.24, 2.45) is 0 Å². The van der Waals surface area contributed by atoms with Gasteiger partial charge in [0.25, 0.3) is 0 Å². The van der Waals surface area contributed by atoms with Crippen LogP contribution in [0.3, 0.4) is 0 Å². The molecule has 0 aliphatic carbocycles. The number of pyridine rings is 1. The van der Waals surface area contributed by atoms with Crippen LogP contribution in [-0.4, -0.2) is 15.0 Å². The minimum Gasteiger partial charge on any atom is -0.382 e. The van der Waals surface area contributed by atoms with Crippen molar-refractivity contribution in [2.75, 3.05) is 5.73 Å². The van der Waals surface area contributed by atoms with Crippen LogP contribution in [0.4, 0.5) is 5.82 Å². The van der Waals surface area contributed by atoms with Crippen molar-refractivity contribution in [1.82, 2.24) is 15.0 Å². The highest BCUT2D eigenvalue weighted by Gasteiger charge is 2.12. The molecule has 21 heavy (non-hydrogen) atoms. The molecule has 0 amide bonds. The van der Waals surface area contributed by atoms with Crippen LogP contribution in [0.2, 0.25) is 0 Å². The summed E-state index contributed by atoms with van der Waals surface area (Å²) in [4.78, 5) is 12.6. The molecule has 0 saturated heterocycles. The van der Waals surface area contributed by atoms with Gasteiger partial charge in [-0.15, -0.1) is 0 Å². The number of imidazole rings is 1. The summed E-state index contributed by atoms with van der Waals surface area (Å²) in [5.41, 5.74) is 10.1. The van der Waals surface area contributed by atoms with Gasteiger partial charge in [0.15, 0.2) is 0 Å². The highest BCUT2D eigenvalue weighted by molar-refractivity contribution is 6.06. The maximum atomic E-state index is 6.11. The highest BCUT2D eigenvalue weighted by atomic mass is 15.0. The molecule has 0 unspecified atom stereocenters. The Bertz CT molecular complexity index is 786. The molecule has 2 aromatic heterocycles. The van der Waals surface area contributed by atoms with Gasteiger partial charge >= 0.3 is 0 Å². The minimum absolute atomic E-state index is 0.479. The van der Waals surface area contributed by atoms with E-state index in [1.807, 2.05) is 0 Å². The van der Waals surface area contributed by atoms with E-state index in [1.165, 1.54) is 5.56 Å². The normalized spacial score (nSPS) is 11.8. The second-order valence-corrected chi connectivity index (χ2v) is 5.94. The molecule has 4 heteroatoms. The molecule has 0 radical (unpaired) electrons. The number of nitrogens with zero attached hydrogens (tertiary/aromatic N) is 2. The Kier molecular flexibility index (Phi) is 3.53. The van der Waals surface area contributed by atoms with Crippen LogP contribution < -0.4 is 5.73 Å². The van der Waals surface area contributed by atoms with Gasteiger partial charge in [0.2, 0.25) is 0 Å². The molecule has 0 saturated carbocycles. The first kappa shape index (κ1) is 13.9. The van der Waals surface area contributed by atoms with Crippen molar-refractivity contribution in [3.05, 3.63) is 29.6 Å². The Morgan fingerprint density at radius 1 is 1.24 bits per heavy atom. The third-order valence-corrected chi connectivity index (χ3v) is 3.96. The van der Waals surface area contributed by atoms with Gasteiger partial charge in [-0.05, 0) is 24.0 Å². The Balaban J connectivity index is 2.19. The average molecular weight is 282 g/mol. The fraction of sp³-hybridized carbons (Fsp3) is 0.412. The number of nitrogen functional groups attached to an aromatic ring is 1. The Morgan fingerprint density at radius 2 is 2.05 bits per heavy atom. The molecular formula is C17H22N4. The fourth-order valence-corrected chi connectivity index (χ4v) is 2.65. The molecule has 0 atom stereocenters. The van der Waals surface area contributed by atoms with Crippen LogP contribution >= 0.6 is 0 Å². The van der Waals surface area contributed by atoms with E-state index >= 15 is 0 Å². The van der Waals surface area contributed by atoms with Crippen LogP contribution in [0.25, 0.3) is 21.9 Å². The summed E-state index contributed by atoms with van der Waals surface area (Å²) in [6, 6.07) is 6.39. The van der Waals surface area contributed by atoms with Crippen LogP contribution in [0.1, 0.15) is 50.9 Å². The number of aromatic amines is 1. The lowest BCUT2D eigenvalue weighted by molar-refractivity contribution is 0.765. The summed E-state index contributed by atoms with van der Waals surface area (Å²) in [5.74, 6) is 2.02. The van der Waals surface area contributed by atoms with Gasteiger partial charge in [0, 0.05) is 11.8 Å². The van der Waals surface area contributed by atoms with Crippen molar-refractivity contribution in [2.45, 2.75) is 46.0 Å². The summed E-state index contributed by atoms with van der Waals surface area (Å²) in [7, 11) is 0. The monoisotopic (exact) mass is 282 g/mol. The number of anilines is 1. The fourth-order valence-electron chi connectivity index (χ4n) is 2.65. The second-order valence-electron chi connectivity index (χ2n) is 5.94. The summed E-state index contributed by atoms with van der Waals surface area (Å²) < 4.78 is 0. The van der Waals surface area contributed by atoms with Gasteiger partial charge < -0.3 is 10.7 Å². The Hall–Kier alpha value is -2.10. The standard InChI is InChI=1S/C17H22N4/c1-4-5-6-14-20-15-12-8-7-11(10(2)3)9-13(12)19-17(18)16(15)21-14/h7-10H,4-6H2,1-3H3,(H2,18,19)(H,20,21). The molecular weight excluding hydrogens is 260 g/mol. The van der Waals surface area contributed by atoms with Crippen molar-refractivity contribution >= 4 is 27.8 Å². The number of unbranched alkanes of at least 4 members (excludes halogenated alkanes) is 1. The molecule has 0 bridgehead atoms. The smallest absolute Gasteiger partial charge is 0.150 e. The second kappa shape index (κ2) is 5.35. The molecule has 0 fully saturated rings. The number of benzene rings is 1. The number of fused-ring (bicyclic) bond motifs is 3. The van der Waals surface area contributed by atoms with Crippen LogP contribution in [0, 0.1) is 0 Å². The van der Waals surface area contributed by atoms with Gasteiger partial charge in [0.1, 0.15) is 22.7 Å². The van der Waals surface area contributed by atoms with E-state index in [0.29, 0.717) is 11.7 Å². The lowest BCUT2D eigenvalue weighted by atomic mass is 10.0. The van der Waals surface area contributed by atoms with E-state index in [-0.39, 0.29) is 0 Å². The molecule has 2 heterocycles. The van der Waals surface area contributed by atoms with E-state index in [0.717, 1.165) is 47.0 Å². The average Bonchev–Trinajstić information content (AvgIpc) is 2.89. The number of nitrogens with two attached hydrogens (primary N) is 1. The zero-order valence-electron chi connectivity index (χ0n) is 12.9. The van der Waals surface area contributed by atoms with Gasteiger partial charge in [-0.3, -0.25) is 0 Å². The zero-order valence-corrected chi connectivity index (χ0v) is 12.9. The van der Waals surface area contributed by atoms with Crippen LogP contribution in [0.15, 0.2) is 18.2 Å². The predicted octanol–water partition coefficient (Wildman–Crippen LogP) is 4.16. The molecule has 0 spiro atoms. The zero-order chi connectivity index (χ0) is 15.0. The topological polar surface area (TPSA) is 67.6 Å². The summed E-state index contributed by atoms with van der Waals surface area (Å²) in [6.45, 7) is 6.54. The van der Waals surface area contributed by atoms with E-state index in [4.69, 9.17) is 10.7 Å². The highest BCUT2D eigenvalue weighted by Crippen LogP contribution is 2.28. The third kappa shape index (κ3) is 2.46. The van der Waals surface area contributed by atoms with Crippen LogP contribution in [0.5, 0.6) is 0 Å². The molecule has 110 valence electrons. The van der Waals surface area contributed by atoms with Crippen molar-refractivity contribution in [1.29, 1.82) is 0 Å². The maximum absolute atomic E-state index is 6.11. The molecule has 3 rings (SSSR count). The first-order valence-corrected chi connectivity index (χ1v) is 7.68. The van der Waals surface area contributed by atoms with Gasteiger partial charge in [-0.1, -0.05) is 39.3 Å². The lowest BCUT2D eigenvalue weighted by Crippen LogP contribution is -1.95. The molecule has 3 N–H and O–H groups in total. The van der Waals surface area contributed by atoms with Crippen molar-refractivity contribution < 1.29 is 0 Å². The van der Waals surface area contributed by atoms with E-state index in [9.17, 15) is 0 Å². The Labute approximate surface area is 124 Å². The molecule has 4 nitrogen and oxygen atoms in total. The number of H-pyrrole nitrogens is 1. The van der Waals surface area contributed by atoms with Crippen molar-refractivity contribution in [3.63, 3.8) is 0 Å². The van der Waals surface area contributed by atoms with Gasteiger partial charge in [-0.25, -0.2) is 9.97 Å². The third-order valence-electron chi connectivity index (χ3n) is 3.96. The van der Waals surface area contributed by atoms with Gasteiger partial charge in [-0.2, -0.15) is 0 Å². The van der Waals surface area contributed by atoms with Crippen molar-refractivity contribution in [3.8, 4) is 0 Å². The number of aryl methyl sites for hydroxylation is 1. The van der Waals surface area contributed by atoms with Gasteiger partial charge in [0.05, 0.1) is 5.52 Å². The first-order chi connectivity index (χ1) is 10.1.